The van der Waals surface area contributed by atoms with Crippen LogP contribution in [0.1, 0.15) is 0 Å². The molecule has 0 atom stereocenters. The van der Waals surface area contributed by atoms with Crippen molar-refractivity contribution in [2.24, 2.45) is 0 Å². The van der Waals surface area contributed by atoms with Crippen molar-refractivity contribution in [1.82, 2.24) is 0 Å². The van der Waals surface area contributed by atoms with Gasteiger partial charge in [-0.3, -0.25) is 6.79 Å². The van der Waals surface area contributed by atoms with Crippen LogP contribution in [0.5, 0.6) is 0 Å². The predicted octanol–water partition coefficient (Wildman–Crippen LogP) is -0.375. The standard InChI is InChI=1S/CFO.CHO.O.2W/c2-1-3;1-2;;;/h;1H;;;/q2*-1;;;. The molecule has 0 amide bonds. The first-order valence-electron chi connectivity index (χ1n) is 0.795. The number of carbonyl (C=O) groups excluding carboxylic acids is 2. The zero-order chi connectivity index (χ0) is 6.71. The number of hydrogen-bond donors (Lipinski definition) is 0. The SMILES string of the molecule is O=[C-]F.[CH-]=O.[O]=[W].[W]. The Balaban J connectivity index is -0.0000000147. The molecular weight excluding hydrogens is 459 g/mol. The summed E-state index contributed by atoms with van der Waals surface area (Å²) in [7, 11) is 0. The minimum absolute atomic E-state index is 0. The molecule has 8 heavy (non-hydrogen) atoms. The summed E-state index contributed by atoms with van der Waals surface area (Å²) in [5, 5.41) is 0. The molecule has 0 aromatic carbocycles. The van der Waals surface area contributed by atoms with Gasteiger partial charge in [-0.05, 0) is 0 Å². The Bertz CT molecular complexity index is 34.5. The van der Waals surface area contributed by atoms with Gasteiger partial charge in [0, 0.05) is 21.1 Å². The van der Waals surface area contributed by atoms with E-state index >= 15 is 0 Å². The molecule has 0 aliphatic heterocycles. The molecule has 0 heterocycles. The van der Waals surface area contributed by atoms with Crippen molar-refractivity contribution in [1.29, 1.82) is 0 Å². The van der Waals surface area contributed by atoms with Gasteiger partial charge in [0.1, 0.15) is 0 Å². The van der Waals surface area contributed by atoms with E-state index in [1.807, 2.05) is 0 Å². The molecule has 6 heteroatoms. The smallest absolute Gasteiger partial charge is 0 e. The van der Waals surface area contributed by atoms with E-state index in [0.29, 0.717) is 19.8 Å². The van der Waals surface area contributed by atoms with Crippen LogP contribution >= 0.6 is 0 Å². The van der Waals surface area contributed by atoms with E-state index < -0.39 is 0 Å². The molecule has 48 valence electrons. The Kier molecular flexibility index (Phi) is 438. The van der Waals surface area contributed by atoms with Gasteiger partial charge in [-0.25, -0.2) is 0 Å². The minimum Gasteiger partial charge on any atom is 0 e. The molecule has 0 saturated carbocycles. The van der Waals surface area contributed by atoms with Crippen LogP contribution < -0.4 is 0 Å². The predicted molar refractivity (Wildman–Crippen MR) is 14.2 cm³/mol. The van der Waals surface area contributed by atoms with Crippen LogP contribution in [0.3, 0.4) is 0 Å². The summed E-state index contributed by atoms with van der Waals surface area (Å²) in [6.45, 7) is 3.25. The number of rotatable bonds is 0. The van der Waals surface area contributed by atoms with Gasteiger partial charge in [-0.2, -0.15) is 0 Å². The topological polar surface area (TPSA) is 51.2 Å². The Morgan fingerprint density at radius 1 is 1.38 bits per heavy atom. The van der Waals surface area contributed by atoms with Gasteiger partial charge >= 0.3 is 23.2 Å². The van der Waals surface area contributed by atoms with E-state index in [0.717, 1.165) is 0 Å². The van der Waals surface area contributed by atoms with Crippen LogP contribution in [0.4, 0.5) is 4.39 Å². The first-order valence-corrected chi connectivity index (χ1v) is 1.99. The summed E-state index contributed by atoms with van der Waals surface area (Å²) >= 11 is 0.333. The monoisotopic (exact) mass is 460 g/mol. The van der Waals surface area contributed by atoms with Crippen molar-refractivity contribution in [3.8, 4) is 0 Å². The van der Waals surface area contributed by atoms with Crippen molar-refractivity contribution in [3.05, 3.63) is 0 Å². The van der Waals surface area contributed by atoms with Crippen LogP contribution in [-0.2, 0) is 53.8 Å². The molecule has 0 radical (unpaired) electrons. The molecular formula is C2HFO3W2-2. The molecule has 0 aliphatic carbocycles. The van der Waals surface area contributed by atoms with Crippen molar-refractivity contribution >= 4 is 13.3 Å². The quantitative estimate of drug-likeness (QED) is 0.282. The van der Waals surface area contributed by atoms with Gasteiger partial charge in [-0.15, -0.1) is 0 Å². The fraction of sp³-hybridized carbons (Fsp3) is 0. The molecule has 0 unspecified atom stereocenters. The van der Waals surface area contributed by atoms with E-state index in [2.05, 4.69) is 6.79 Å². The molecule has 0 N–H and O–H groups in total. The first kappa shape index (κ1) is 23.7. The van der Waals surface area contributed by atoms with Crippen LogP contribution in [0.25, 0.3) is 0 Å². The summed E-state index contributed by atoms with van der Waals surface area (Å²) in [6.07, 6.45) is 0. The van der Waals surface area contributed by atoms with E-state index in [1.165, 1.54) is 0 Å². The summed E-state index contributed by atoms with van der Waals surface area (Å²) in [4.78, 5) is 15.8. The van der Waals surface area contributed by atoms with Crippen molar-refractivity contribution in [2.45, 2.75) is 0 Å². The maximum absolute atomic E-state index is 9.49. The average Bonchev–Trinajstić information content (AvgIpc) is 1.78. The largest absolute Gasteiger partial charge is 0 e. The molecule has 0 saturated heterocycles. The molecule has 3 nitrogen and oxygen atoms in total. The van der Waals surface area contributed by atoms with Gasteiger partial charge in [0.25, 0.3) is 0 Å². The van der Waals surface area contributed by atoms with Gasteiger partial charge in [-0.1, -0.05) is 6.54 Å². The molecule has 0 rings (SSSR count). The van der Waals surface area contributed by atoms with Crippen molar-refractivity contribution < 1.29 is 58.2 Å². The average molecular weight is 460 g/mol. The minimum atomic E-state index is 0. The summed E-state index contributed by atoms with van der Waals surface area (Å²) < 4.78 is 17.8. The molecule has 0 bridgehead atoms. The second-order valence-electron chi connectivity index (χ2n) is 0.0772. The van der Waals surface area contributed by atoms with E-state index in [9.17, 15) is 4.39 Å². The Morgan fingerprint density at radius 3 is 1.38 bits per heavy atom. The maximum atomic E-state index is 9.49. The second kappa shape index (κ2) is 148. The Labute approximate surface area is 71.5 Å². The van der Waals surface area contributed by atoms with Gasteiger partial charge in [0.15, 0.2) is 0 Å². The normalized spacial score (nSPS) is 2.62. The zero-order valence-corrected chi connectivity index (χ0v) is 9.36. The molecule has 0 spiro atoms. The number of halogens is 1. The summed E-state index contributed by atoms with van der Waals surface area (Å²) in [6, 6.07) is 0. The van der Waals surface area contributed by atoms with Crippen LogP contribution in [0.15, 0.2) is 0 Å². The Hall–Kier alpha value is 0.447. The third kappa shape index (κ3) is 959. The first-order chi connectivity index (χ1) is 3.41. The third-order valence-corrected chi connectivity index (χ3v) is 0. The molecule has 0 aliphatic rings. The van der Waals surface area contributed by atoms with E-state index in [-0.39, 0.29) is 27.6 Å². The van der Waals surface area contributed by atoms with Gasteiger partial charge in [0.05, 0.1) is 0 Å². The zero-order valence-electron chi connectivity index (χ0n) is 3.50. The van der Waals surface area contributed by atoms with E-state index in [4.69, 9.17) is 13.0 Å². The van der Waals surface area contributed by atoms with Crippen molar-refractivity contribution in [2.75, 3.05) is 0 Å². The van der Waals surface area contributed by atoms with Crippen LogP contribution in [-0.4, -0.2) is 13.3 Å². The number of hydrogen-bond acceptors (Lipinski definition) is 3. The third-order valence-electron chi connectivity index (χ3n) is 0. The fourth-order valence-corrected chi connectivity index (χ4v) is 0. The van der Waals surface area contributed by atoms with Gasteiger partial charge < -0.3 is 14.0 Å². The van der Waals surface area contributed by atoms with Gasteiger partial charge in [0.2, 0.25) is 0 Å². The van der Waals surface area contributed by atoms with E-state index in [1.54, 1.807) is 0 Å². The molecule has 0 fully saturated rings. The van der Waals surface area contributed by atoms with Crippen molar-refractivity contribution in [3.63, 3.8) is 0 Å². The summed E-state index contributed by atoms with van der Waals surface area (Å²) in [5.41, 5.74) is 0. The van der Waals surface area contributed by atoms with Crippen LogP contribution in [0, 0.1) is 0 Å². The maximum Gasteiger partial charge on any atom is 0 e. The Morgan fingerprint density at radius 2 is 1.38 bits per heavy atom. The molecule has 0 aromatic heterocycles. The fourth-order valence-electron chi connectivity index (χ4n) is 0. The summed E-state index contributed by atoms with van der Waals surface area (Å²) in [5.74, 6) is 0. The second-order valence-corrected chi connectivity index (χ2v) is 0.0772. The van der Waals surface area contributed by atoms with Crippen LogP contribution in [0.2, 0.25) is 0 Å². The molecule has 0 aromatic rings.